The van der Waals surface area contributed by atoms with Crippen LogP contribution in [0.15, 0.2) is 75.1 Å². The van der Waals surface area contributed by atoms with Crippen LogP contribution in [0.5, 0.6) is 0 Å². The monoisotopic (exact) mass is 482 g/mol. The summed E-state index contributed by atoms with van der Waals surface area (Å²) in [6.45, 7) is 0.114. The van der Waals surface area contributed by atoms with E-state index in [0.29, 0.717) is 17.4 Å². The molecule has 0 bridgehead atoms. The van der Waals surface area contributed by atoms with Crippen molar-refractivity contribution in [1.82, 2.24) is 15.0 Å². The number of urea groups is 1. The Hall–Kier alpha value is -2.91. The van der Waals surface area contributed by atoms with Crippen LogP contribution in [-0.2, 0) is 11.3 Å². The van der Waals surface area contributed by atoms with Crippen LogP contribution in [0, 0.1) is 0 Å². The van der Waals surface area contributed by atoms with Crippen LogP contribution in [0.25, 0.3) is 11.4 Å². The van der Waals surface area contributed by atoms with Crippen molar-refractivity contribution in [2.75, 3.05) is 4.90 Å². The number of thioether (sulfide) groups is 1. The highest BCUT2D eigenvalue weighted by atomic mass is 79.9. The molecule has 0 radical (unpaired) electrons. The molecule has 1 aromatic heterocycles. The Morgan fingerprint density at radius 2 is 1.93 bits per heavy atom. The van der Waals surface area contributed by atoms with Crippen LogP contribution in [-0.4, -0.2) is 38.3 Å². The summed E-state index contributed by atoms with van der Waals surface area (Å²) in [5.41, 5.74) is 1.35. The number of anilines is 1. The molecular formula is C21H15BrN4O3S. The van der Waals surface area contributed by atoms with Crippen molar-refractivity contribution in [3.63, 3.8) is 0 Å². The van der Waals surface area contributed by atoms with Crippen molar-refractivity contribution < 1.29 is 14.1 Å². The summed E-state index contributed by atoms with van der Waals surface area (Å²) in [7, 11) is 0. The molecule has 3 amide bonds. The van der Waals surface area contributed by atoms with E-state index in [1.54, 1.807) is 29.2 Å². The zero-order valence-electron chi connectivity index (χ0n) is 15.5. The van der Waals surface area contributed by atoms with Gasteiger partial charge in [-0.25, -0.2) is 9.69 Å². The fraction of sp³-hybridized carbons (Fsp3) is 0.143. The van der Waals surface area contributed by atoms with Crippen LogP contribution in [0.2, 0.25) is 0 Å². The maximum atomic E-state index is 13.3. The van der Waals surface area contributed by atoms with E-state index in [4.69, 9.17) is 4.52 Å². The number of halogens is 1. The molecule has 3 heterocycles. The number of imide groups is 1. The van der Waals surface area contributed by atoms with Gasteiger partial charge in [-0.15, -0.1) is 11.8 Å². The molecular weight excluding hydrogens is 468 g/mol. The molecule has 2 atom stereocenters. The third kappa shape index (κ3) is 3.33. The molecule has 7 nitrogen and oxygen atoms in total. The Morgan fingerprint density at radius 3 is 2.73 bits per heavy atom. The van der Waals surface area contributed by atoms with Crippen molar-refractivity contribution in [1.29, 1.82) is 0 Å². The highest BCUT2D eigenvalue weighted by molar-refractivity contribution is 9.10. The van der Waals surface area contributed by atoms with E-state index < -0.39 is 11.3 Å². The van der Waals surface area contributed by atoms with Gasteiger partial charge in [-0.3, -0.25) is 4.79 Å². The maximum Gasteiger partial charge on any atom is 0.332 e. The molecule has 2 aromatic carbocycles. The largest absolute Gasteiger partial charge is 0.337 e. The number of nitrogens with zero attached hydrogens (tertiary/aromatic N) is 4. The number of fused-ring (bicyclic) bond motifs is 1. The molecule has 1 fully saturated rings. The van der Waals surface area contributed by atoms with Crippen molar-refractivity contribution in [2.24, 2.45) is 0 Å². The summed E-state index contributed by atoms with van der Waals surface area (Å²) in [5, 5.41) is 5.52. The third-order valence-corrected chi connectivity index (χ3v) is 6.52. The zero-order chi connectivity index (χ0) is 20.7. The molecule has 0 spiro atoms. The highest BCUT2D eigenvalue weighted by Crippen LogP contribution is 2.37. The topological polar surface area (TPSA) is 79.5 Å². The highest BCUT2D eigenvalue weighted by Gasteiger charge is 2.48. The second-order valence-electron chi connectivity index (χ2n) is 6.82. The fourth-order valence-electron chi connectivity index (χ4n) is 3.54. The first kappa shape index (κ1) is 19.1. The van der Waals surface area contributed by atoms with E-state index in [0.717, 1.165) is 10.0 Å². The van der Waals surface area contributed by atoms with E-state index in [2.05, 4.69) is 26.1 Å². The van der Waals surface area contributed by atoms with E-state index in [-0.39, 0.29) is 18.5 Å². The molecule has 0 N–H and O–H groups in total. The molecule has 30 heavy (non-hydrogen) atoms. The Bertz CT molecular complexity index is 1150. The average molecular weight is 483 g/mol. The number of benzene rings is 2. The van der Waals surface area contributed by atoms with Gasteiger partial charge in [0.25, 0.3) is 5.91 Å². The van der Waals surface area contributed by atoms with Crippen LogP contribution < -0.4 is 4.90 Å². The van der Waals surface area contributed by atoms with Crippen molar-refractivity contribution in [2.45, 2.75) is 17.8 Å². The number of para-hydroxylation sites is 1. The quantitative estimate of drug-likeness (QED) is 0.545. The molecule has 2 aliphatic rings. The number of hydrogen-bond donors (Lipinski definition) is 0. The van der Waals surface area contributed by atoms with Crippen LogP contribution in [0.1, 0.15) is 5.89 Å². The minimum atomic E-state index is -0.401. The smallest absolute Gasteiger partial charge is 0.332 e. The molecule has 2 unspecified atom stereocenters. The van der Waals surface area contributed by atoms with Gasteiger partial charge in [-0.1, -0.05) is 57.5 Å². The summed E-state index contributed by atoms with van der Waals surface area (Å²) in [4.78, 5) is 33.6. The lowest BCUT2D eigenvalue weighted by atomic mass is 10.1. The van der Waals surface area contributed by atoms with Gasteiger partial charge in [0.2, 0.25) is 11.7 Å². The van der Waals surface area contributed by atoms with Crippen LogP contribution in [0.4, 0.5) is 10.5 Å². The van der Waals surface area contributed by atoms with Gasteiger partial charge in [-0.2, -0.15) is 4.98 Å². The predicted octanol–water partition coefficient (Wildman–Crippen LogP) is 4.47. The van der Waals surface area contributed by atoms with Gasteiger partial charge in [0.05, 0.1) is 11.7 Å². The standard InChI is InChI=1S/C21H15BrN4O3S/c22-14-6-4-5-13(11-14)19-23-17(29-24-19)12-25-16-9-10-30-18(16)20(27)26(21(25)28)15-7-2-1-3-8-15/h1-11,16,18H,12H2. The molecule has 3 aromatic rings. The molecule has 9 heteroatoms. The second kappa shape index (κ2) is 7.73. The van der Waals surface area contributed by atoms with Crippen molar-refractivity contribution >= 4 is 45.3 Å². The number of aromatic nitrogens is 2. The molecule has 2 aliphatic heterocycles. The second-order valence-corrected chi connectivity index (χ2v) is 8.79. The SMILES string of the molecule is O=C1C2SC=CC2N(Cc2nc(-c3cccc(Br)c3)no2)C(=O)N1c1ccccc1. The Labute approximate surface area is 184 Å². The summed E-state index contributed by atoms with van der Waals surface area (Å²) >= 11 is 4.85. The van der Waals surface area contributed by atoms with Crippen LogP contribution in [0.3, 0.4) is 0 Å². The first-order valence-corrected chi connectivity index (χ1v) is 11.0. The number of carbonyl (C=O) groups is 2. The maximum absolute atomic E-state index is 13.3. The zero-order valence-corrected chi connectivity index (χ0v) is 17.9. The normalized spacial score (nSPS) is 20.7. The van der Waals surface area contributed by atoms with E-state index in [1.165, 1.54) is 16.7 Å². The molecule has 0 saturated carbocycles. The summed E-state index contributed by atoms with van der Waals surface area (Å²) in [6.07, 6.45) is 1.87. The first-order chi connectivity index (χ1) is 14.6. The lowest BCUT2D eigenvalue weighted by Crippen LogP contribution is -2.61. The number of carbonyl (C=O) groups excluding carboxylic acids is 2. The Morgan fingerprint density at radius 1 is 1.10 bits per heavy atom. The lowest BCUT2D eigenvalue weighted by molar-refractivity contribution is -0.119. The minimum Gasteiger partial charge on any atom is -0.337 e. The summed E-state index contributed by atoms with van der Waals surface area (Å²) in [6, 6.07) is 15.8. The summed E-state index contributed by atoms with van der Waals surface area (Å²) in [5.74, 6) is 0.534. The van der Waals surface area contributed by atoms with Gasteiger partial charge >= 0.3 is 6.03 Å². The van der Waals surface area contributed by atoms with Gasteiger partial charge in [0.15, 0.2) is 0 Å². The van der Waals surface area contributed by atoms with E-state index in [9.17, 15) is 9.59 Å². The number of amides is 3. The van der Waals surface area contributed by atoms with Gasteiger partial charge < -0.3 is 9.42 Å². The Balaban J connectivity index is 1.45. The van der Waals surface area contributed by atoms with Crippen molar-refractivity contribution in [3.05, 3.63) is 76.4 Å². The molecule has 150 valence electrons. The predicted molar refractivity (Wildman–Crippen MR) is 117 cm³/mol. The van der Waals surface area contributed by atoms with Crippen LogP contribution >= 0.6 is 27.7 Å². The van der Waals surface area contributed by atoms with E-state index >= 15 is 0 Å². The third-order valence-electron chi connectivity index (χ3n) is 4.94. The Kier molecular flexibility index (Phi) is 4.92. The first-order valence-electron chi connectivity index (χ1n) is 9.22. The lowest BCUT2D eigenvalue weighted by Gasteiger charge is -2.40. The number of hydrogen-bond acceptors (Lipinski definition) is 6. The molecule has 5 rings (SSSR count). The van der Waals surface area contributed by atoms with Gasteiger partial charge in [0.1, 0.15) is 11.8 Å². The fourth-order valence-corrected chi connectivity index (χ4v) is 4.98. The van der Waals surface area contributed by atoms with Gasteiger partial charge in [-0.05, 0) is 29.7 Å². The minimum absolute atomic E-state index is 0.114. The van der Waals surface area contributed by atoms with E-state index in [1.807, 2.05) is 41.8 Å². The average Bonchev–Trinajstić information content (AvgIpc) is 3.42. The number of rotatable bonds is 4. The molecule has 0 aliphatic carbocycles. The van der Waals surface area contributed by atoms with Crippen molar-refractivity contribution in [3.8, 4) is 11.4 Å². The van der Waals surface area contributed by atoms with Gasteiger partial charge in [0, 0.05) is 10.0 Å². The molecule has 1 saturated heterocycles. The summed E-state index contributed by atoms with van der Waals surface area (Å²) < 4.78 is 6.33.